The predicted octanol–water partition coefficient (Wildman–Crippen LogP) is 3.11. The average molecular weight is 484 g/mol. The lowest BCUT2D eigenvalue weighted by molar-refractivity contribution is -0.117. The lowest BCUT2D eigenvalue weighted by Crippen LogP contribution is -2.35. The number of nitrogens with one attached hydrogen (secondary N) is 2. The third-order valence-electron chi connectivity index (χ3n) is 5.97. The SMILES string of the molecule is COc1cc(-c2cc(C(=O)N3CCc4nc(NC(=O)C5CC5)sc4C3)[nH]n2)cc(OC)c1OC. The van der Waals surface area contributed by atoms with Crippen LogP contribution in [0.25, 0.3) is 11.3 Å². The van der Waals surface area contributed by atoms with Crippen LogP contribution in [0.2, 0.25) is 0 Å². The first-order chi connectivity index (χ1) is 16.5. The zero-order valence-corrected chi connectivity index (χ0v) is 20.0. The fraction of sp³-hybridized carbons (Fsp3) is 0.391. The predicted molar refractivity (Wildman–Crippen MR) is 126 cm³/mol. The molecule has 2 aromatic heterocycles. The van der Waals surface area contributed by atoms with Gasteiger partial charge in [0.25, 0.3) is 5.91 Å². The summed E-state index contributed by atoms with van der Waals surface area (Å²) in [6.45, 7) is 0.994. The van der Waals surface area contributed by atoms with Gasteiger partial charge >= 0.3 is 0 Å². The third kappa shape index (κ3) is 4.18. The normalized spacial score (nSPS) is 15.0. The number of nitrogens with zero attached hydrogens (tertiary/aromatic N) is 3. The van der Waals surface area contributed by atoms with Crippen LogP contribution < -0.4 is 19.5 Å². The van der Waals surface area contributed by atoms with E-state index in [2.05, 4.69) is 20.5 Å². The Morgan fingerprint density at radius 3 is 2.50 bits per heavy atom. The number of thiazole rings is 1. The highest BCUT2D eigenvalue weighted by Gasteiger charge is 2.31. The molecule has 3 aromatic rings. The average Bonchev–Trinajstić information content (AvgIpc) is 3.46. The molecule has 2 amide bonds. The number of hydrogen-bond acceptors (Lipinski definition) is 8. The van der Waals surface area contributed by atoms with E-state index in [9.17, 15) is 9.59 Å². The van der Waals surface area contributed by atoms with E-state index in [1.54, 1.807) is 44.4 Å². The van der Waals surface area contributed by atoms with Crippen molar-refractivity contribution in [3.05, 3.63) is 34.5 Å². The van der Waals surface area contributed by atoms with Gasteiger partial charge in [-0.15, -0.1) is 0 Å². The number of aromatic amines is 1. The minimum atomic E-state index is -0.145. The van der Waals surface area contributed by atoms with E-state index in [4.69, 9.17) is 14.2 Å². The molecule has 1 aliphatic heterocycles. The maximum absolute atomic E-state index is 13.2. The van der Waals surface area contributed by atoms with Crippen LogP contribution in [0.1, 0.15) is 33.9 Å². The third-order valence-corrected chi connectivity index (χ3v) is 6.96. The van der Waals surface area contributed by atoms with Crippen molar-refractivity contribution >= 4 is 28.3 Å². The van der Waals surface area contributed by atoms with Crippen molar-refractivity contribution in [1.29, 1.82) is 0 Å². The minimum Gasteiger partial charge on any atom is -0.493 e. The number of anilines is 1. The number of rotatable bonds is 7. The lowest BCUT2D eigenvalue weighted by Gasteiger charge is -2.25. The van der Waals surface area contributed by atoms with Gasteiger partial charge in [0.15, 0.2) is 16.6 Å². The number of ether oxygens (including phenoxy) is 3. The summed E-state index contributed by atoms with van der Waals surface area (Å²) in [5.41, 5.74) is 2.65. The van der Waals surface area contributed by atoms with Gasteiger partial charge in [-0.25, -0.2) is 4.98 Å². The Morgan fingerprint density at radius 1 is 1.12 bits per heavy atom. The van der Waals surface area contributed by atoms with Crippen LogP contribution in [0.3, 0.4) is 0 Å². The van der Waals surface area contributed by atoms with Crippen LogP contribution in [0.15, 0.2) is 18.2 Å². The molecule has 1 aliphatic carbocycles. The van der Waals surface area contributed by atoms with Crippen LogP contribution in [0.5, 0.6) is 17.2 Å². The van der Waals surface area contributed by atoms with Crippen LogP contribution in [-0.4, -0.2) is 59.8 Å². The Labute approximate surface area is 200 Å². The first-order valence-corrected chi connectivity index (χ1v) is 11.8. The molecule has 0 saturated heterocycles. The summed E-state index contributed by atoms with van der Waals surface area (Å²) in [6.07, 6.45) is 2.54. The topological polar surface area (TPSA) is 119 Å². The van der Waals surface area contributed by atoms with Gasteiger partial charge in [0.05, 0.1) is 39.3 Å². The maximum atomic E-state index is 13.2. The number of fused-ring (bicyclic) bond motifs is 1. The highest BCUT2D eigenvalue weighted by molar-refractivity contribution is 7.15. The molecule has 34 heavy (non-hydrogen) atoms. The Hall–Kier alpha value is -3.60. The molecule has 0 spiro atoms. The van der Waals surface area contributed by atoms with Crippen molar-refractivity contribution in [2.45, 2.75) is 25.8 Å². The van der Waals surface area contributed by atoms with E-state index < -0.39 is 0 Å². The first-order valence-electron chi connectivity index (χ1n) is 10.9. The van der Waals surface area contributed by atoms with Gasteiger partial charge in [0.2, 0.25) is 11.7 Å². The van der Waals surface area contributed by atoms with Gasteiger partial charge in [-0.05, 0) is 31.0 Å². The molecular weight excluding hydrogens is 458 g/mol. The Kier molecular flexibility index (Phi) is 5.86. The summed E-state index contributed by atoms with van der Waals surface area (Å²) in [6, 6.07) is 5.29. The van der Waals surface area contributed by atoms with Crippen LogP contribution >= 0.6 is 11.3 Å². The lowest BCUT2D eigenvalue weighted by atomic mass is 10.1. The molecule has 1 saturated carbocycles. The number of hydrogen-bond donors (Lipinski definition) is 2. The smallest absolute Gasteiger partial charge is 0.272 e. The van der Waals surface area contributed by atoms with Crippen LogP contribution in [0.4, 0.5) is 5.13 Å². The molecule has 2 aliphatic rings. The largest absolute Gasteiger partial charge is 0.493 e. The highest BCUT2D eigenvalue weighted by atomic mass is 32.1. The first kappa shape index (κ1) is 22.2. The fourth-order valence-electron chi connectivity index (χ4n) is 3.95. The van der Waals surface area contributed by atoms with Crippen molar-refractivity contribution in [2.75, 3.05) is 33.2 Å². The minimum absolute atomic E-state index is 0.0378. The molecule has 0 unspecified atom stereocenters. The summed E-state index contributed by atoms with van der Waals surface area (Å²) in [5, 5.41) is 10.7. The number of aromatic nitrogens is 3. The van der Waals surface area contributed by atoms with E-state index in [-0.39, 0.29) is 17.7 Å². The van der Waals surface area contributed by atoms with Crippen molar-refractivity contribution < 1.29 is 23.8 Å². The number of benzene rings is 1. The summed E-state index contributed by atoms with van der Waals surface area (Å²) >= 11 is 1.44. The van der Waals surface area contributed by atoms with Crippen molar-refractivity contribution in [2.24, 2.45) is 5.92 Å². The van der Waals surface area contributed by atoms with Crippen molar-refractivity contribution in [1.82, 2.24) is 20.1 Å². The zero-order chi connectivity index (χ0) is 23.8. The van der Waals surface area contributed by atoms with Crippen LogP contribution in [-0.2, 0) is 17.8 Å². The maximum Gasteiger partial charge on any atom is 0.272 e. The molecule has 1 fully saturated rings. The van der Waals surface area contributed by atoms with Gasteiger partial charge in [-0.3, -0.25) is 14.7 Å². The molecule has 0 bridgehead atoms. The molecule has 0 atom stereocenters. The molecule has 10 nitrogen and oxygen atoms in total. The van der Waals surface area contributed by atoms with E-state index in [0.29, 0.717) is 53.3 Å². The monoisotopic (exact) mass is 483 g/mol. The number of H-pyrrole nitrogens is 1. The fourth-order valence-corrected chi connectivity index (χ4v) is 4.98. The van der Waals surface area contributed by atoms with Gasteiger partial charge in [-0.2, -0.15) is 5.10 Å². The number of amides is 2. The molecule has 2 N–H and O–H groups in total. The Bertz CT molecular complexity index is 1220. The van der Waals surface area contributed by atoms with Crippen LogP contribution in [0, 0.1) is 5.92 Å². The van der Waals surface area contributed by atoms with Crippen molar-refractivity contribution in [3.8, 4) is 28.5 Å². The Balaban J connectivity index is 1.32. The zero-order valence-electron chi connectivity index (χ0n) is 19.1. The highest BCUT2D eigenvalue weighted by Crippen LogP contribution is 2.41. The van der Waals surface area contributed by atoms with E-state index in [0.717, 1.165) is 29.0 Å². The second-order valence-electron chi connectivity index (χ2n) is 8.21. The number of methoxy groups -OCH3 is 3. The molecule has 3 heterocycles. The standard InChI is InChI=1S/C23H25N5O5S/c1-31-17-8-13(9-18(32-2)20(17)33-3)15-10-16(27-26-15)22(30)28-7-6-14-19(11-28)34-23(24-14)25-21(29)12-4-5-12/h8-10,12H,4-7,11H2,1-3H3,(H,26,27)(H,24,25,29). The molecule has 0 radical (unpaired) electrons. The molecular formula is C23H25N5O5S. The second kappa shape index (κ2) is 8.98. The summed E-state index contributed by atoms with van der Waals surface area (Å²) < 4.78 is 16.2. The summed E-state index contributed by atoms with van der Waals surface area (Å²) in [5.74, 6) is 1.52. The molecule has 178 valence electrons. The van der Waals surface area contributed by atoms with E-state index in [1.807, 2.05) is 0 Å². The summed E-state index contributed by atoms with van der Waals surface area (Å²) in [7, 11) is 4.64. The van der Waals surface area contributed by atoms with Crippen molar-refractivity contribution in [3.63, 3.8) is 0 Å². The Morgan fingerprint density at radius 2 is 1.85 bits per heavy atom. The number of carbonyl (C=O) groups is 2. The molecule has 1 aromatic carbocycles. The van der Waals surface area contributed by atoms with E-state index in [1.165, 1.54) is 11.3 Å². The van der Waals surface area contributed by atoms with E-state index >= 15 is 0 Å². The number of carbonyl (C=O) groups excluding carboxylic acids is 2. The van der Waals surface area contributed by atoms with Gasteiger partial charge in [-0.1, -0.05) is 11.3 Å². The molecule has 5 rings (SSSR count). The second-order valence-corrected chi connectivity index (χ2v) is 9.29. The van der Waals surface area contributed by atoms with Gasteiger partial charge in [0, 0.05) is 29.3 Å². The molecule has 11 heteroatoms. The quantitative estimate of drug-likeness (QED) is 0.530. The summed E-state index contributed by atoms with van der Waals surface area (Å²) in [4.78, 5) is 32.5. The van der Waals surface area contributed by atoms with Gasteiger partial charge < -0.3 is 24.4 Å². The van der Waals surface area contributed by atoms with Gasteiger partial charge in [0.1, 0.15) is 5.69 Å².